The van der Waals surface area contributed by atoms with Gasteiger partial charge in [0, 0.05) is 10.0 Å². The summed E-state index contributed by atoms with van der Waals surface area (Å²) in [4.78, 5) is 4.10. The molecule has 0 fully saturated rings. The van der Waals surface area contributed by atoms with Crippen LogP contribution in [0.1, 0.15) is 18.9 Å². The van der Waals surface area contributed by atoms with E-state index in [0.717, 1.165) is 10.0 Å². The van der Waals surface area contributed by atoms with Crippen LogP contribution in [0.15, 0.2) is 33.3 Å². The monoisotopic (exact) mass is 300 g/mol. The van der Waals surface area contributed by atoms with Crippen LogP contribution in [0.4, 0.5) is 0 Å². The summed E-state index contributed by atoms with van der Waals surface area (Å²) in [6.07, 6.45) is 1.63. The van der Waals surface area contributed by atoms with E-state index in [1.54, 1.807) is 6.20 Å². The van der Waals surface area contributed by atoms with Crippen LogP contribution in [0.2, 0.25) is 5.02 Å². The topological polar surface area (TPSA) is 52.0 Å². The van der Waals surface area contributed by atoms with Crippen LogP contribution in [-0.4, -0.2) is 4.98 Å². The first-order chi connectivity index (χ1) is 7.59. The number of nitrogens with two attached hydrogens (primary N) is 1. The molecule has 1 heterocycles. The number of aromatic nitrogens is 1. The van der Waals surface area contributed by atoms with Gasteiger partial charge in [0.2, 0.25) is 5.89 Å². The number of nitrogens with zero attached hydrogens (tertiary/aromatic N) is 1. The predicted octanol–water partition coefficient (Wildman–Crippen LogP) is 3.78. The van der Waals surface area contributed by atoms with Crippen LogP contribution >= 0.6 is 27.5 Å². The zero-order valence-electron chi connectivity index (χ0n) is 8.58. The maximum atomic E-state index is 6.15. The van der Waals surface area contributed by atoms with Crippen LogP contribution in [0.5, 0.6) is 0 Å². The van der Waals surface area contributed by atoms with E-state index in [9.17, 15) is 0 Å². The molecule has 1 aromatic carbocycles. The van der Waals surface area contributed by atoms with Crippen molar-refractivity contribution in [3.63, 3.8) is 0 Å². The Morgan fingerprint density at radius 3 is 2.88 bits per heavy atom. The lowest BCUT2D eigenvalue weighted by atomic mass is 10.2. The van der Waals surface area contributed by atoms with Crippen molar-refractivity contribution in [3.05, 3.63) is 39.8 Å². The molecule has 0 aliphatic heterocycles. The lowest BCUT2D eigenvalue weighted by molar-refractivity contribution is 0.473. The van der Waals surface area contributed by atoms with Gasteiger partial charge in [-0.25, -0.2) is 4.98 Å². The molecule has 0 radical (unpaired) electrons. The molecule has 1 unspecified atom stereocenters. The van der Waals surface area contributed by atoms with Crippen molar-refractivity contribution in [2.75, 3.05) is 0 Å². The standard InChI is InChI=1S/C11H10BrClN2O/c1-6(14)11-15-5-9(16-11)7-3-2-4-8(12)10(7)13/h2-6H,14H2,1H3. The molecule has 3 nitrogen and oxygen atoms in total. The Balaban J connectivity index is 2.47. The predicted molar refractivity (Wildman–Crippen MR) is 67.3 cm³/mol. The number of rotatable bonds is 2. The first kappa shape index (κ1) is 11.6. The highest BCUT2D eigenvalue weighted by molar-refractivity contribution is 9.10. The van der Waals surface area contributed by atoms with E-state index >= 15 is 0 Å². The summed E-state index contributed by atoms with van der Waals surface area (Å²) >= 11 is 9.51. The van der Waals surface area contributed by atoms with Crippen LogP contribution in [0.3, 0.4) is 0 Å². The molecule has 2 N–H and O–H groups in total. The Kier molecular flexibility index (Phi) is 3.33. The second kappa shape index (κ2) is 4.57. The Morgan fingerprint density at radius 1 is 1.50 bits per heavy atom. The maximum Gasteiger partial charge on any atom is 0.211 e. The zero-order valence-corrected chi connectivity index (χ0v) is 10.9. The lowest BCUT2D eigenvalue weighted by Crippen LogP contribution is -2.04. The molecule has 1 atom stereocenters. The molecular formula is C11H10BrClN2O. The average molecular weight is 302 g/mol. The summed E-state index contributed by atoms with van der Waals surface area (Å²) in [6, 6.07) is 5.41. The first-order valence-corrected chi connectivity index (χ1v) is 5.92. The smallest absolute Gasteiger partial charge is 0.211 e. The van der Waals surface area contributed by atoms with Crippen molar-refractivity contribution in [1.82, 2.24) is 4.98 Å². The van der Waals surface area contributed by atoms with E-state index in [-0.39, 0.29) is 6.04 Å². The van der Waals surface area contributed by atoms with Crippen molar-refractivity contribution >= 4 is 27.5 Å². The third-order valence-electron chi connectivity index (χ3n) is 2.13. The minimum atomic E-state index is -0.223. The Hall–Kier alpha value is -0.840. The molecule has 2 rings (SSSR count). The molecule has 84 valence electrons. The molecule has 0 aliphatic rings. The molecule has 16 heavy (non-hydrogen) atoms. The number of halogens is 2. The summed E-state index contributed by atoms with van der Waals surface area (Å²) in [5.74, 6) is 1.13. The fraction of sp³-hybridized carbons (Fsp3) is 0.182. The molecule has 0 spiro atoms. The van der Waals surface area contributed by atoms with Gasteiger partial charge in [-0.3, -0.25) is 0 Å². The van der Waals surface area contributed by atoms with Gasteiger partial charge in [0.15, 0.2) is 5.76 Å². The van der Waals surface area contributed by atoms with Gasteiger partial charge in [0.1, 0.15) is 0 Å². The summed E-state index contributed by atoms with van der Waals surface area (Å²) in [5.41, 5.74) is 6.48. The number of benzene rings is 1. The molecular weight excluding hydrogens is 291 g/mol. The van der Waals surface area contributed by atoms with Gasteiger partial charge in [-0.05, 0) is 35.0 Å². The van der Waals surface area contributed by atoms with Crippen LogP contribution in [-0.2, 0) is 0 Å². The lowest BCUT2D eigenvalue weighted by Gasteiger charge is -2.02. The highest BCUT2D eigenvalue weighted by Gasteiger charge is 2.13. The van der Waals surface area contributed by atoms with Crippen molar-refractivity contribution in [1.29, 1.82) is 0 Å². The Bertz CT molecular complexity index is 510. The van der Waals surface area contributed by atoms with Gasteiger partial charge in [-0.2, -0.15) is 0 Å². The number of oxazole rings is 1. The van der Waals surface area contributed by atoms with Crippen molar-refractivity contribution < 1.29 is 4.42 Å². The molecule has 0 saturated heterocycles. The number of hydrogen-bond donors (Lipinski definition) is 1. The maximum absolute atomic E-state index is 6.15. The van der Waals surface area contributed by atoms with Crippen molar-refractivity contribution in [2.45, 2.75) is 13.0 Å². The summed E-state index contributed by atoms with van der Waals surface area (Å²) in [7, 11) is 0. The van der Waals surface area contributed by atoms with Gasteiger partial charge in [0.05, 0.1) is 17.3 Å². The molecule has 5 heteroatoms. The Labute approximate surface area is 107 Å². The second-order valence-electron chi connectivity index (χ2n) is 3.45. The summed E-state index contributed by atoms with van der Waals surface area (Å²) in [5, 5.41) is 0.606. The highest BCUT2D eigenvalue weighted by atomic mass is 79.9. The van der Waals surface area contributed by atoms with Crippen molar-refractivity contribution in [2.24, 2.45) is 5.73 Å². The van der Waals surface area contributed by atoms with Gasteiger partial charge < -0.3 is 10.2 Å². The SMILES string of the molecule is CC(N)c1ncc(-c2cccc(Br)c2Cl)o1. The number of hydrogen-bond acceptors (Lipinski definition) is 3. The second-order valence-corrected chi connectivity index (χ2v) is 4.69. The molecule has 0 bridgehead atoms. The summed E-state index contributed by atoms with van der Waals surface area (Å²) < 4.78 is 6.35. The van der Waals surface area contributed by atoms with Gasteiger partial charge in [-0.1, -0.05) is 17.7 Å². The molecule has 0 saturated carbocycles. The quantitative estimate of drug-likeness (QED) is 0.918. The van der Waals surface area contributed by atoms with E-state index in [1.807, 2.05) is 25.1 Å². The molecule has 0 amide bonds. The molecule has 1 aromatic heterocycles. The normalized spacial score (nSPS) is 12.8. The summed E-state index contributed by atoms with van der Waals surface area (Å²) in [6.45, 7) is 1.82. The van der Waals surface area contributed by atoms with Crippen LogP contribution < -0.4 is 5.73 Å². The highest BCUT2D eigenvalue weighted by Crippen LogP contribution is 2.34. The Morgan fingerprint density at radius 2 is 2.25 bits per heavy atom. The van der Waals surface area contributed by atoms with E-state index in [0.29, 0.717) is 16.7 Å². The van der Waals surface area contributed by atoms with Crippen molar-refractivity contribution in [3.8, 4) is 11.3 Å². The fourth-order valence-electron chi connectivity index (χ4n) is 1.32. The fourth-order valence-corrected chi connectivity index (χ4v) is 1.90. The average Bonchev–Trinajstić information content (AvgIpc) is 2.71. The van der Waals surface area contributed by atoms with E-state index in [1.165, 1.54) is 0 Å². The minimum Gasteiger partial charge on any atom is -0.439 e. The van der Waals surface area contributed by atoms with Gasteiger partial charge >= 0.3 is 0 Å². The molecule has 2 aromatic rings. The van der Waals surface area contributed by atoms with Crippen LogP contribution in [0.25, 0.3) is 11.3 Å². The largest absolute Gasteiger partial charge is 0.439 e. The first-order valence-electron chi connectivity index (χ1n) is 4.75. The van der Waals surface area contributed by atoms with E-state index in [4.69, 9.17) is 21.8 Å². The van der Waals surface area contributed by atoms with Crippen LogP contribution in [0, 0.1) is 0 Å². The minimum absolute atomic E-state index is 0.223. The van der Waals surface area contributed by atoms with E-state index in [2.05, 4.69) is 20.9 Å². The third-order valence-corrected chi connectivity index (χ3v) is 3.43. The van der Waals surface area contributed by atoms with E-state index < -0.39 is 0 Å². The third kappa shape index (κ3) is 2.14. The van der Waals surface area contributed by atoms with Gasteiger partial charge in [0.25, 0.3) is 0 Å². The van der Waals surface area contributed by atoms with Gasteiger partial charge in [-0.15, -0.1) is 0 Å². The molecule has 0 aliphatic carbocycles. The zero-order chi connectivity index (χ0) is 11.7.